The molecule has 2 heterocycles. The highest BCUT2D eigenvalue weighted by Gasteiger charge is 2.43. The van der Waals surface area contributed by atoms with Crippen LogP contribution in [0, 0.1) is 5.92 Å². The molecule has 5 atom stereocenters. The van der Waals surface area contributed by atoms with Gasteiger partial charge in [0.05, 0.1) is 18.1 Å². The number of allylic oxidation sites excluding steroid dienone is 4. The molecule has 20 heavy (non-hydrogen) atoms. The van der Waals surface area contributed by atoms with Crippen LogP contribution in [-0.4, -0.2) is 35.0 Å². The van der Waals surface area contributed by atoms with E-state index >= 15 is 0 Å². The van der Waals surface area contributed by atoms with E-state index in [0.717, 1.165) is 0 Å². The Labute approximate surface area is 119 Å². The van der Waals surface area contributed by atoms with Gasteiger partial charge in [-0.1, -0.05) is 60.8 Å². The van der Waals surface area contributed by atoms with Crippen molar-refractivity contribution in [3.05, 3.63) is 60.8 Å². The molecule has 4 rings (SSSR count). The average Bonchev–Trinajstić information content (AvgIpc) is 2.62. The Balaban J connectivity index is 1.81. The van der Waals surface area contributed by atoms with Crippen molar-refractivity contribution in [2.24, 2.45) is 5.92 Å². The largest absolute Gasteiger partial charge is 0.327 e. The lowest BCUT2D eigenvalue weighted by atomic mass is 9.86. The van der Waals surface area contributed by atoms with Crippen molar-refractivity contribution in [1.82, 2.24) is 10.2 Å². The van der Waals surface area contributed by atoms with E-state index in [-0.39, 0.29) is 30.1 Å². The van der Waals surface area contributed by atoms with Gasteiger partial charge in [-0.15, -0.1) is 0 Å². The minimum atomic E-state index is 0.120. The number of hydrogen-bond donors (Lipinski definition) is 1. The van der Waals surface area contributed by atoms with E-state index in [2.05, 4.69) is 58.8 Å². The van der Waals surface area contributed by atoms with Gasteiger partial charge in [0.1, 0.15) is 0 Å². The summed E-state index contributed by atoms with van der Waals surface area (Å²) in [7, 11) is 0. The van der Waals surface area contributed by atoms with Crippen LogP contribution in [0.25, 0.3) is 0 Å². The summed E-state index contributed by atoms with van der Waals surface area (Å²) >= 11 is 0. The molecule has 0 bridgehead atoms. The second kappa shape index (κ2) is 4.60. The molecule has 1 fully saturated rings. The van der Waals surface area contributed by atoms with E-state index in [9.17, 15) is 4.79 Å². The summed E-state index contributed by atoms with van der Waals surface area (Å²) in [5, 5.41) is 3.69. The predicted octanol–water partition coefficient (Wildman–Crippen LogP) is 1.72. The SMILES string of the molecule is O=C1CC=CC2C3C=CC=CC3NC3C=CC=CC3N12. The molecule has 3 nitrogen and oxygen atoms in total. The smallest absolute Gasteiger partial charge is 0.227 e. The molecule has 1 saturated heterocycles. The van der Waals surface area contributed by atoms with Crippen molar-refractivity contribution in [2.45, 2.75) is 30.6 Å². The van der Waals surface area contributed by atoms with Gasteiger partial charge in [-0.2, -0.15) is 0 Å². The van der Waals surface area contributed by atoms with Crippen molar-refractivity contribution >= 4 is 5.91 Å². The fraction of sp³-hybridized carbons (Fsp3) is 0.353. The topological polar surface area (TPSA) is 32.3 Å². The summed E-state index contributed by atoms with van der Waals surface area (Å²) in [5.41, 5.74) is 0. The maximum Gasteiger partial charge on any atom is 0.227 e. The summed E-state index contributed by atoms with van der Waals surface area (Å²) < 4.78 is 0. The molecule has 0 spiro atoms. The Kier molecular flexibility index (Phi) is 2.74. The van der Waals surface area contributed by atoms with Gasteiger partial charge in [0, 0.05) is 18.4 Å². The molecule has 0 aromatic rings. The minimum absolute atomic E-state index is 0.120. The van der Waals surface area contributed by atoms with Gasteiger partial charge in [-0.25, -0.2) is 0 Å². The third kappa shape index (κ3) is 1.74. The van der Waals surface area contributed by atoms with Gasteiger partial charge in [0.15, 0.2) is 0 Å². The van der Waals surface area contributed by atoms with Gasteiger partial charge in [0.2, 0.25) is 5.91 Å². The van der Waals surface area contributed by atoms with Crippen LogP contribution in [-0.2, 0) is 4.79 Å². The number of carbonyl (C=O) groups is 1. The molecule has 1 N–H and O–H groups in total. The summed E-state index contributed by atoms with van der Waals surface area (Å²) in [6.07, 6.45) is 21.8. The summed E-state index contributed by atoms with van der Waals surface area (Å²) in [4.78, 5) is 14.5. The van der Waals surface area contributed by atoms with E-state index in [1.807, 2.05) is 12.2 Å². The highest BCUT2D eigenvalue weighted by molar-refractivity contribution is 5.80. The fourth-order valence-electron chi connectivity index (χ4n) is 3.71. The summed E-state index contributed by atoms with van der Waals surface area (Å²) in [6.45, 7) is 0. The highest BCUT2D eigenvalue weighted by Crippen LogP contribution is 2.33. The van der Waals surface area contributed by atoms with Crippen molar-refractivity contribution in [2.75, 3.05) is 0 Å². The van der Waals surface area contributed by atoms with Gasteiger partial charge in [-0.3, -0.25) is 4.79 Å². The first-order valence-electron chi connectivity index (χ1n) is 7.28. The molecule has 5 unspecified atom stereocenters. The summed E-state index contributed by atoms with van der Waals surface area (Å²) in [6, 6.07) is 0.759. The van der Waals surface area contributed by atoms with Crippen LogP contribution in [0.15, 0.2) is 60.8 Å². The zero-order valence-electron chi connectivity index (χ0n) is 11.2. The number of rotatable bonds is 0. The van der Waals surface area contributed by atoms with E-state index in [1.165, 1.54) is 0 Å². The van der Waals surface area contributed by atoms with Gasteiger partial charge < -0.3 is 10.2 Å². The monoisotopic (exact) mass is 266 g/mol. The number of nitrogens with zero attached hydrogens (tertiary/aromatic N) is 1. The third-order valence-electron chi connectivity index (χ3n) is 4.62. The molecular formula is C17H18N2O. The predicted molar refractivity (Wildman–Crippen MR) is 78.9 cm³/mol. The second-order valence-corrected chi connectivity index (χ2v) is 5.75. The molecule has 0 aromatic heterocycles. The number of amides is 1. The van der Waals surface area contributed by atoms with Gasteiger partial charge in [-0.05, 0) is 0 Å². The maximum absolute atomic E-state index is 12.5. The van der Waals surface area contributed by atoms with Gasteiger partial charge >= 0.3 is 0 Å². The van der Waals surface area contributed by atoms with Crippen LogP contribution >= 0.6 is 0 Å². The fourth-order valence-corrected chi connectivity index (χ4v) is 3.71. The van der Waals surface area contributed by atoms with Crippen LogP contribution < -0.4 is 5.32 Å². The standard InChI is InChI=1S/C17H18N2O/c20-17-11-5-10-15-12-6-1-2-7-13(12)18-14-8-3-4-9-16(14)19(15)17/h1-10,12-16,18H,11H2. The van der Waals surface area contributed by atoms with Crippen molar-refractivity contribution in [3.63, 3.8) is 0 Å². The third-order valence-corrected chi connectivity index (χ3v) is 4.62. The quantitative estimate of drug-likeness (QED) is 0.677. The Morgan fingerprint density at radius 3 is 2.55 bits per heavy atom. The number of carbonyl (C=O) groups excluding carboxylic acids is 1. The second-order valence-electron chi connectivity index (χ2n) is 5.75. The molecule has 0 aromatic carbocycles. The Morgan fingerprint density at radius 1 is 0.900 bits per heavy atom. The van der Waals surface area contributed by atoms with Crippen LogP contribution in [0.3, 0.4) is 0 Å². The lowest BCUT2D eigenvalue weighted by molar-refractivity contribution is -0.134. The van der Waals surface area contributed by atoms with Crippen LogP contribution in [0.2, 0.25) is 0 Å². The normalized spacial score (nSPS) is 41.1. The van der Waals surface area contributed by atoms with E-state index in [4.69, 9.17) is 0 Å². The van der Waals surface area contributed by atoms with Crippen LogP contribution in [0.5, 0.6) is 0 Å². The lowest BCUT2D eigenvalue weighted by Crippen LogP contribution is -2.53. The molecule has 2 aliphatic carbocycles. The lowest BCUT2D eigenvalue weighted by Gasteiger charge is -2.40. The van der Waals surface area contributed by atoms with E-state index in [0.29, 0.717) is 12.3 Å². The Morgan fingerprint density at radius 2 is 1.65 bits per heavy atom. The van der Waals surface area contributed by atoms with Crippen molar-refractivity contribution in [1.29, 1.82) is 0 Å². The first kappa shape index (κ1) is 11.9. The zero-order valence-corrected chi connectivity index (χ0v) is 11.2. The highest BCUT2D eigenvalue weighted by atomic mass is 16.2. The average molecular weight is 266 g/mol. The van der Waals surface area contributed by atoms with Crippen LogP contribution in [0.4, 0.5) is 0 Å². The molecule has 4 aliphatic rings. The molecule has 0 saturated carbocycles. The van der Waals surface area contributed by atoms with Gasteiger partial charge in [0.25, 0.3) is 0 Å². The molecule has 1 amide bonds. The Hall–Kier alpha value is -1.87. The first-order valence-corrected chi connectivity index (χ1v) is 7.28. The molecule has 102 valence electrons. The Bertz CT molecular complexity index is 570. The van der Waals surface area contributed by atoms with E-state index in [1.54, 1.807) is 0 Å². The number of fused-ring (bicyclic) bond motifs is 5. The zero-order chi connectivity index (χ0) is 13.5. The van der Waals surface area contributed by atoms with Crippen molar-refractivity contribution in [3.8, 4) is 0 Å². The molecule has 3 heteroatoms. The number of nitrogens with one attached hydrogen (secondary N) is 1. The summed E-state index contributed by atoms with van der Waals surface area (Å²) in [5.74, 6) is 0.547. The molecular weight excluding hydrogens is 248 g/mol. The van der Waals surface area contributed by atoms with Crippen molar-refractivity contribution < 1.29 is 4.79 Å². The first-order chi connectivity index (χ1) is 9.84. The van der Waals surface area contributed by atoms with Crippen LogP contribution in [0.1, 0.15) is 6.42 Å². The minimum Gasteiger partial charge on any atom is -0.327 e. The molecule has 0 radical (unpaired) electrons. The number of hydrogen-bond acceptors (Lipinski definition) is 2. The molecule has 2 aliphatic heterocycles. The maximum atomic E-state index is 12.5. The van der Waals surface area contributed by atoms with E-state index < -0.39 is 0 Å².